The van der Waals surface area contributed by atoms with Gasteiger partial charge in [0, 0.05) is 25.6 Å². The summed E-state index contributed by atoms with van der Waals surface area (Å²) in [6.45, 7) is 0. The van der Waals surface area contributed by atoms with Gasteiger partial charge in [-0.1, -0.05) is 30.3 Å². The lowest BCUT2D eigenvalue weighted by atomic mass is 9.91. The first-order chi connectivity index (χ1) is 9.16. The maximum Gasteiger partial charge on any atom is 0.222 e. The lowest BCUT2D eigenvalue weighted by Crippen LogP contribution is -2.41. The molecule has 0 aliphatic heterocycles. The van der Waals surface area contributed by atoms with E-state index in [9.17, 15) is 4.79 Å². The summed E-state index contributed by atoms with van der Waals surface area (Å²) >= 11 is 0. The average molecular weight is 260 g/mol. The van der Waals surface area contributed by atoms with Gasteiger partial charge < -0.3 is 10.6 Å². The molecule has 0 aromatic heterocycles. The van der Waals surface area contributed by atoms with E-state index in [0.29, 0.717) is 18.5 Å². The minimum Gasteiger partial charge on any atom is -0.343 e. The van der Waals surface area contributed by atoms with E-state index >= 15 is 0 Å². The minimum absolute atomic E-state index is 0.254. The van der Waals surface area contributed by atoms with Crippen LogP contribution in [0, 0.1) is 0 Å². The number of carbonyl (C=O) groups is 1. The molecular weight excluding hydrogens is 236 g/mol. The number of benzene rings is 1. The maximum atomic E-state index is 12.2. The van der Waals surface area contributed by atoms with Crippen LogP contribution in [0.1, 0.15) is 37.7 Å². The number of nitrogens with two attached hydrogens (primary N) is 1. The summed E-state index contributed by atoms with van der Waals surface area (Å²) < 4.78 is 0. The molecule has 1 aliphatic rings. The van der Waals surface area contributed by atoms with E-state index in [1.165, 1.54) is 5.56 Å². The van der Waals surface area contributed by atoms with E-state index in [4.69, 9.17) is 5.73 Å². The second kappa shape index (κ2) is 6.71. The number of amides is 1. The molecule has 0 bridgehead atoms. The van der Waals surface area contributed by atoms with Crippen molar-refractivity contribution in [2.75, 3.05) is 7.05 Å². The SMILES string of the molecule is CN(C(=O)CCc1ccccc1)C1CCC(N)CC1. The van der Waals surface area contributed by atoms with Crippen molar-refractivity contribution in [1.29, 1.82) is 0 Å². The van der Waals surface area contributed by atoms with Gasteiger partial charge in [-0.05, 0) is 37.7 Å². The van der Waals surface area contributed by atoms with E-state index in [2.05, 4.69) is 12.1 Å². The van der Waals surface area contributed by atoms with Crippen LogP contribution in [0.5, 0.6) is 0 Å². The molecule has 1 aromatic rings. The van der Waals surface area contributed by atoms with Crippen LogP contribution in [0.3, 0.4) is 0 Å². The monoisotopic (exact) mass is 260 g/mol. The summed E-state index contributed by atoms with van der Waals surface area (Å²) in [4.78, 5) is 14.1. The van der Waals surface area contributed by atoms with E-state index in [1.807, 2.05) is 30.1 Å². The van der Waals surface area contributed by atoms with Crippen molar-refractivity contribution < 1.29 is 4.79 Å². The molecule has 2 rings (SSSR count). The predicted octanol–water partition coefficient (Wildman–Crippen LogP) is 2.35. The Morgan fingerprint density at radius 3 is 2.47 bits per heavy atom. The Bertz CT molecular complexity index is 396. The number of rotatable bonds is 4. The zero-order valence-corrected chi connectivity index (χ0v) is 11.7. The molecule has 104 valence electrons. The van der Waals surface area contributed by atoms with Gasteiger partial charge in [0.1, 0.15) is 0 Å². The van der Waals surface area contributed by atoms with Crippen LogP contribution < -0.4 is 5.73 Å². The minimum atomic E-state index is 0.254. The summed E-state index contributed by atoms with van der Waals surface area (Å²) in [5.41, 5.74) is 7.14. The molecule has 0 unspecified atom stereocenters. The molecule has 1 fully saturated rings. The molecule has 0 spiro atoms. The number of nitrogens with zero attached hydrogens (tertiary/aromatic N) is 1. The van der Waals surface area contributed by atoms with Gasteiger partial charge >= 0.3 is 0 Å². The number of hydrogen-bond acceptors (Lipinski definition) is 2. The summed E-state index contributed by atoms with van der Waals surface area (Å²) in [7, 11) is 1.94. The van der Waals surface area contributed by atoms with Crippen LogP contribution in [-0.2, 0) is 11.2 Å². The molecule has 2 N–H and O–H groups in total. The fourth-order valence-electron chi connectivity index (χ4n) is 2.76. The third-order valence-corrected chi connectivity index (χ3v) is 4.15. The Morgan fingerprint density at radius 1 is 1.21 bits per heavy atom. The van der Waals surface area contributed by atoms with Gasteiger partial charge in [0.2, 0.25) is 5.91 Å². The predicted molar refractivity (Wildman–Crippen MR) is 77.8 cm³/mol. The topological polar surface area (TPSA) is 46.3 Å². The van der Waals surface area contributed by atoms with Crippen molar-refractivity contribution in [3.63, 3.8) is 0 Å². The highest BCUT2D eigenvalue weighted by Gasteiger charge is 2.24. The van der Waals surface area contributed by atoms with Crippen LogP contribution in [-0.4, -0.2) is 29.9 Å². The Labute approximate surface area is 115 Å². The van der Waals surface area contributed by atoms with E-state index < -0.39 is 0 Å². The Hall–Kier alpha value is -1.35. The molecule has 3 nitrogen and oxygen atoms in total. The van der Waals surface area contributed by atoms with Gasteiger partial charge in [-0.2, -0.15) is 0 Å². The molecule has 1 aliphatic carbocycles. The highest BCUT2D eigenvalue weighted by atomic mass is 16.2. The number of aryl methyl sites for hydroxylation is 1. The molecule has 0 heterocycles. The highest BCUT2D eigenvalue weighted by molar-refractivity contribution is 5.76. The second-order valence-corrected chi connectivity index (χ2v) is 5.56. The molecule has 19 heavy (non-hydrogen) atoms. The average Bonchev–Trinajstić information content (AvgIpc) is 2.46. The van der Waals surface area contributed by atoms with Crippen LogP contribution >= 0.6 is 0 Å². The Morgan fingerprint density at radius 2 is 1.84 bits per heavy atom. The van der Waals surface area contributed by atoms with Gasteiger partial charge in [-0.25, -0.2) is 0 Å². The third-order valence-electron chi connectivity index (χ3n) is 4.15. The molecular formula is C16H24N2O. The lowest BCUT2D eigenvalue weighted by Gasteiger charge is -2.33. The maximum absolute atomic E-state index is 12.2. The molecule has 0 saturated heterocycles. The van der Waals surface area contributed by atoms with Crippen LogP contribution in [0.15, 0.2) is 30.3 Å². The molecule has 1 saturated carbocycles. The third kappa shape index (κ3) is 4.06. The zero-order chi connectivity index (χ0) is 13.7. The van der Waals surface area contributed by atoms with Gasteiger partial charge in [-0.3, -0.25) is 4.79 Å². The lowest BCUT2D eigenvalue weighted by molar-refractivity contribution is -0.132. The van der Waals surface area contributed by atoms with Gasteiger partial charge in [-0.15, -0.1) is 0 Å². The summed E-state index contributed by atoms with van der Waals surface area (Å²) in [6, 6.07) is 10.9. The molecule has 1 aromatic carbocycles. The summed E-state index contributed by atoms with van der Waals surface area (Å²) in [5, 5.41) is 0. The van der Waals surface area contributed by atoms with Gasteiger partial charge in [0.25, 0.3) is 0 Å². The number of hydrogen-bond donors (Lipinski definition) is 1. The molecule has 3 heteroatoms. The van der Waals surface area contributed by atoms with Crippen molar-refractivity contribution >= 4 is 5.91 Å². The molecule has 0 radical (unpaired) electrons. The van der Waals surface area contributed by atoms with Crippen molar-refractivity contribution in [3.8, 4) is 0 Å². The fraction of sp³-hybridized carbons (Fsp3) is 0.562. The molecule has 1 amide bonds. The van der Waals surface area contributed by atoms with Crippen molar-refractivity contribution in [2.24, 2.45) is 5.73 Å². The number of carbonyl (C=O) groups excluding carboxylic acids is 1. The van der Waals surface area contributed by atoms with Crippen LogP contribution in [0.2, 0.25) is 0 Å². The van der Waals surface area contributed by atoms with E-state index in [0.717, 1.165) is 32.1 Å². The standard InChI is InChI=1S/C16H24N2O/c1-18(15-10-8-14(17)9-11-15)16(19)12-7-13-5-3-2-4-6-13/h2-6,14-15H,7-12,17H2,1H3. The first-order valence-electron chi connectivity index (χ1n) is 7.22. The zero-order valence-electron chi connectivity index (χ0n) is 11.7. The fourth-order valence-corrected chi connectivity index (χ4v) is 2.76. The summed E-state index contributed by atoms with van der Waals surface area (Å²) in [5.74, 6) is 0.254. The van der Waals surface area contributed by atoms with Crippen molar-refractivity contribution in [2.45, 2.75) is 50.6 Å². The normalized spacial score (nSPS) is 23.1. The largest absolute Gasteiger partial charge is 0.343 e. The molecule has 0 atom stereocenters. The van der Waals surface area contributed by atoms with Gasteiger partial charge in [0.05, 0.1) is 0 Å². The second-order valence-electron chi connectivity index (χ2n) is 5.56. The van der Waals surface area contributed by atoms with Crippen LogP contribution in [0.25, 0.3) is 0 Å². The first-order valence-corrected chi connectivity index (χ1v) is 7.22. The Kier molecular flexibility index (Phi) is 4.97. The Balaban J connectivity index is 1.79. The van der Waals surface area contributed by atoms with Crippen LogP contribution in [0.4, 0.5) is 0 Å². The van der Waals surface area contributed by atoms with Crippen molar-refractivity contribution in [3.05, 3.63) is 35.9 Å². The quantitative estimate of drug-likeness (QED) is 0.903. The van der Waals surface area contributed by atoms with Crippen molar-refractivity contribution in [1.82, 2.24) is 4.90 Å². The van der Waals surface area contributed by atoms with Gasteiger partial charge in [0.15, 0.2) is 0 Å². The smallest absolute Gasteiger partial charge is 0.222 e. The van der Waals surface area contributed by atoms with E-state index in [-0.39, 0.29) is 5.91 Å². The summed E-state index contributed by atoms with van der Waals surface area (Å²) in [6.07, 6.45) is 5.62. The first kappa shape index (κ1) is 14.1. The highest BCUT2D eigenvalue weighted by Crippen LogP contribution is 2.21. The van der Waals surface area contributed by atoms with E-state index in [1.54, 1.807) is 0 Å².